The molecular weight excluding hydrogens is 341 g/mol. The van der Waals surface area contributed by atoms with Crippen LogP contribution in [0.5, 0.6) is 0 Å². The fourth-order valence-electron chi connectivity index (χ4n) is 3.20. The monoisotopic (exact) mass is 359 g/mol. The quantitative estimate of drug-likeness (QED) is 0.822. The van der Waals surface area contributed by atoms with Gasteiger partial charge in [0.2, 0.25) is 0 Å². The third kappa shape index (κ3) is 4.26. The Bertz CT molecular complexity index is 779. The number of ketones is 1. The highest BCUT2D eigenvalue weighted by Crippen LogP contribution is 2.23. The summed E-state index contributed by atoms with van der Waals surface area (Å²) in [5.74, 6) is -1.08. The number of piperidine rings is 1. The molecule has 5 heteroatoms. The highest BCUT2D eigenvalue weighted by molar-refractivity contribution is 6.31. The molecule has 1 heterocycles. The molecule has 2 aromatic carbocycles. The minimum atomic E-state index is -0.591. The van der Waals surface area contributed by atoms with Crippen LogP contribution in [-0.2, 0) is 11.2 Å². The van der Waals surface area contributed by atoms with Crippen LogP contribution in [0.4, 0.5) is 4.39 Å². The summed E-state index contributed by atoms with van der Waals surface area (Å²) in [5, 5.41) is 0.318. The van der Waals surface area contributed by atoms with E-state index in [0.29, 0.717) is 24.5 Å². The van der Waals surface area contributed by atoms with Gasteiger partial charge in [-0.15, -0.1) is 0 Å². The van der Waals surface area contributed by atoms with Crippen molar-refractivity contribution in [1.82, 2.24) is 4.90 Å². The highest BCUT2D eigenvalue weighted by atomic mass is 35.5. The Hall–Kier alpha value is -2.20. The molecule has 1 saturated heterocycles. The number of hydrogen-bond acceptors (Lipinski definition) is 2. The minimum Gasteiger partial charge on any atom is -0.338 e. The van der Waals surface area contributed by atoms with E-state index in [1.54, 1.807) is 4.90 Å². The van der Waals surface area contributed by atoms with Crippen molar-refractivity contribution in [2.45, 2.75) is 19.3 Å². The van der Waals surface area contributed by atoms with Crippen molar-refractivity contribution in [1.29, 1.82) is 0 Å². The van der Waals surface area contributed by atoms with Gasteiger partial charge in [0.05, 0.1) is 5.56 Å². The summed E-state index contributed by atoms with van der Waals surface area (Å²) in [5.41, 5.74) is 0.931. The van der Waals surface area contributed by atoms with E-state index >= 15 is 0 Å². The maximum absolute atomic E-state index is 13.9. The Kier molecular flexibility index (Phi) is 5.49. The van der Waals surface area contributed by atoms with Gasteiger partial charge >= 0.3 is 0 Å². The van der Waals surface area contributed by atoms with Crippen molar-refractivity contribution in [2.24, 2.45) is 5.92 Å². The van der Waals surface area contributed by atoms with Gasteiger partial charge in [0.1, 0.15) is 11.6 Å². The van der Waals surface area contributed by atoms with E-state index < -0.39 is 11.7 Å². The summed E-state index contributed by atoms with van der Waals surface area (Å²) in [6.07, 6.45) is 1.85. The van der Waals surface area contributed by atoms with Crippen molar-refractivity contribution in [3.8, 4) is 0 Å². The zero-order chi connectivity index (χ0) is 17.8. The van der Waals surface area contributed by atoms with E-state index in [-0.39, 0.29) is 17.3 Å². The molecule has 0 aromatic heterocycles. The average molecular weight is 360 g/mol. The first-order valence-electron chi connectivity index (χ1n) is 8.35. The number of nitrogens with zero attached hydrogens (tertiary/aromatic N) is 1. The first kappa shape index (κ1) is 17.6. The number of Topliss-reactive ketones (excluding diaryl/α,β-unsaturated/α-hetero) is 1. The zero-order valence-electron chi connectivity index (χ0n) is 13.8. The normalized spacial score (nSPS) is 17.4. The molecule has 1 aliphatic rings. The summed E-state index contributed by atoms with van der Waals surface area (Å²) >= 11 is 5.88. The maximum Gasteiger partial charge on any atom is 0.256 e. The largest absolute Gasteiger partial charge is 0.338 e. The first-order valence-corrected chi connectivity index (χ1v) is 8.73. The number of rotatable bonds is 4. The topological polar surface area (TPSA) is 37.4 Å². The molecule has 0 N–H and O–H groups in total. The van der Waals surface area contributed by atoms with Gasteiger partial charge in [0.15, 0.2) is 0 Å². The minimum absolute atomic E-state index is 0.0383. The predicted molar refractivity (Wildman–Crippen MR) is 95.2 cm³/mol. The molecule has 1 aliphatic heterocycles. The average Bonchev–Trinajstić information content (AvgIpc) is 2.64. The van der Waals surface area contributed by atoms with E-state index in [1.165, 1.54) is 18.2 Å². The van der Waals surface area contributed by atoms with E-state index in [9.17, 15) is 14.0 Å². The number of halogens is 2. The lowest BCUT2D eigenvalue weighted by molar-refractivity contribution is -0.123. The second-order valence-electron chi connectivity index (χ2n) is 6.34. The lowest BCUT2D eigenvalue weighted by atomic mass is 9.90. The third-order valence-corrected chi connectivity index (χ3v) is 4.78. The van der Waals surface area contributed by atoms with E-state index in [2.05, 4.69) is 0 Å². The molecule has 0 aliphatic carbocycles. The van der Waals surface area contributed by atoms with Crippen molar-refractivity contribution in [2.75, 3.05) is 13.1 Å². The number of carbonyl (C=O) groups excluding carboxylic acids is 2. The SMILES string of the molecule is O=C(Cc1ccccc1)C1CCCN(C(=O)c2cc(Cl)ccc2F)C1. The molecule has 1 fully saturated rings. The van der Waals surface area contributed by atoms with E-state index in [0.717, 1.165) is 18.4 Å². The molecule has 3 nitrogen and oxygen atoms in total. The molecule has 1 unspecified atom stereocenters. The van der Waals surface area contributed by atoms with Gasteiger partial charge < -0.3 is 4.90 Å². The zero-order valence-corrected chi connectivity index (χ0v) is 14.5. The van der Waals surface area contributed by atoms with Crippen LogP contribution in [0.3, 0.4) is 0 Å². The number of hydrogen-bond donors (Lipinski definition) is 0. The second-order valence-corrected chi connectivity index (χ2v) is 6.78. The molecule has 130 valence electrons. The highest BCUT2D eigenvalue weighted by Gasteiger charge is 2.29. The fraction of sp³-hybridized carbons (Fsp3) is 0.300. The third-order valence-electron chi connectivity index (χ3n) is 4.54. The van der Waals surface area contributed by atoms with Crippen LogP contribution in [0.25, 0.3) is 0 Å². The standard InChI is InChI=1S/C20H19ClFNO2/c21-16-8-9-18(22)17(12-16)20(25)23-10-4-7-15(13-23)19(24)11-14-5-2-1-3-6-14/h1-3,5-6,8-9,12,15H,4,7,10-11,13H2. The van der Waals surface area contributed by atoms with Gasteiger partial charge in [-0.05, 0) is 36.6 Å². The van der Waals surface area contributed by atoms with Crippen molar-refractivity contribution < 1.29 is 14.0 Å². The Morgan fingerprint density at radius 2 is 1.92 bits per heavy atom. The Morgan fingerprint density at radius 1 is 1.16 bits per heavy atom. The van der Waals surface area contributed by atoms with E-state index in [1.807, 2.05) is 30.3 Å². The predicted octanol–water partition coefficient (Wildman–Crippen LogP) is 4.14. The molecule has 0 saturated carbocycles. The van der Waals surface area contributed by atoms with Crippen LogP contribution >= 0.6 is 11.6 Å². The molecule has 1 atom stereocenters. The van der Waals surface area contributed by atoms with Gasteiger partial charge in [-0.25, -0.2) is 4.39 Å². The molecular formula is C20H19ClFNO2. The summed E-state index contributed by atoms with van der Waals surface area (Å²) < 4.78 is 13.9. The van der Waals surface area contributed by atoms with Gasteiger partial charge in [0, 0.05) is 30.5 Å². The van der Waals surface area contributed by atoms with Gasteiger partial charge in [-0.3, -0.25) is 9.59 Å². The number of carbonyl (C=O) groups is 2. The fourth-order valence-corrected chi connectivity index (χ4v) is 3.37. The molecule has 0 bridgehead atoms. The van der Waals surface area contributed by atoms with Crippen molar-refractivity contribution in [3.63, 3.8) is 0 Å². The summed E-state index contributed by atoms with van der Waals surface area (Å²) in [6, 6.07) is 13.5. The van der Waals surface area contributed by atoms with Gasteiger partial charge in [-0.1, -0.05) is 41.9 Å². The van der Waals surface area contributed by atoms with Crippen LogP contribution in [0.1, 0.15) is 28.8 Å². The van der Waals surface area contributed by atoms with Crippen LogP contribution < -0.4 is 0 Å². The first-order chi connectivity index (χ1) is 12.0. The maximum atomic E-state index is 13.9. The lowest BCUT2D eigenvalue weighted by Gasteiger charge is -2.32. The molecule has 3 rings (SSSR count). The molecule has 0 spiro atoms. The molecule has 0 radical (unpaired) electrons. The molecule has 1 amide bonds. The molecule has 25 heavy (non-hydrogen) atoms. The van der Waals surface area contributed by atoms with Gasteiger partial charge in [-0.2, -0.15) is 0 Å². The van der Waals surface area contributed by atoms with Crippen LogP contribution in [0.2, 0.25) is 5.02 Å². The molecule has 2 aromatic rings. The van der Waals surface area contributed by atoms with E-state index in [4.69, 9.17) is 11.6 Å². The van der Waals surface area contributed by atoms with Crippen LogP contribution in [0, 0.1) is 11.7 Å². The Balaban J connectivity index is 1.69. The lowest BCUT2D eigenvalue weighted by Crippen LogP contribution is -2.43. The van der Waals surface area contributed by atoms with Crippen LogP contribution in [0.15, 0.2) is 48.5 Å². The number of benzene rings is 2. The number of amides is 1. The Labute approximate surface area is 151 Å². The summed E-state index contributed by atoms with van der Waals surface area (Å²) in [7, 11) is 0. The summed E-state index contributed by atoms with van der Waals surface area (Å²) in [4.78, 5) is 26.7. The second kappa shape index (κ2) is 7.79. The van der Waals surface area contributed by atoms with Gasteiger partial charge in [0.25, 0.3) is 5.91 Å². The number of likely N-dealkylation sites (tertiary alicyclic amines) is 1. The Morgan fingerprint density at radius 3 is 2.68 bits per heavy atom. The van der Waals surface area contributed by atoms with Crippen LogP contribution in [-0.4, -0.2) is 29.7 Å². The van der Waals surface area contributed by atoms with Crippen molar-refractivity contribution in [3.05, 3.63) is 70.5 Å². The van der Waals surface area contributed by atoms with Crippen molar-refractivity contribution >= 4 is 23.3 Å². The smallest absolute Gasteiger partial charge is 0.256 e. The summed E-state index contributed by atoms with van der Waals surface area (Å²) in [6.45, 7) is 0.857.